The van der Waals surface area contributed by atoms with E-state index < -0.39 is 11.6 Å². The second-order valence-corrected chi connectivity index (χ2v) is 7.82. The van der Waals surface area contributed by atoms with Crippen LogP contribution in [0.25, 0.3) is 0 Å². The van der Waals surface area contributed by atoms with Gasteiger partial charge in [0.1, 0.15) is 0 Å². The monoisotopic (exact) mass is 289 g/mol. The Morgan fingerprint density at radius 1 is 1.15 bits per heavy atom. The second-order valence-electron chi connectivity index (χ2n) is 7.82. The van der Waals surface area contributed by atoms with E-state index in [-0.39, 0.29) is 5.41 Å². The Kier molecular flexibility index (Phi) is 3.21. The quantitative estimate of drug-likeness (QED) is 0.733. The van der Waals surface area contributed by atoms with E-state index in [1.54, 1.807) is 0 Å². The lowest BCUT2D eigenvalue weighted by atomic mass is 9.32. The molecule has 4 heteroatoms. The van der Waals surface area contributed by atoms with Crippen LogP contribution in [0.2, 0.25) is 0 Å². The zero-order valence-electron chi connectivity index (χ0n) is 12.8. The Morgan fingerprint density at radius 3 is 2.25 bits per heavy atom. The molecule has 4 fully saturated rings. The fourth-order valence-electron chi connectivity index (χ4n) is 5.30. The Hall–Kier alpha value is -0.250. The number of rotatable bonds is 3. The summed E-state index contributed by atoms with van der Waals surface area (Å²) < 4.78 is 39.1. The first-order valence-corrected chi connectivity index (χ1v) is 8.05. The summed E-state index contributed by atoms with van der Waals surface area (Å²) in [5, 5.41) is 0. The lowest BCUT2D eigenvalue weighted by Gasteiger charge is -2.74. The van der Waals surface area contributed by atoms with Crippen LogP contribution in [0, 0.1) is 16.7 Å². The highest BCUT2D eigenvalue weighted by atomic mass is 19.4. The number of likely N-dealkylation sites (tertiary alicyclic amines) is 1. The van der Waals surface area contributed by atoms with Crippen molar-refractivity contribution in [2.75, 3.05) is 6.54 Å². The number of halogens is 3. The van der Waals surface area contributed by atoms with Crippen molar-refractivity contribution in [2.24, 2.45) is 16.7 Å². The van der Waals surface area contributed by atoms with Crippen LogP contribution in [-0.4, -0.2) is 29.7 Å². The molecular weight excluding hydrogens is 263 g/mol. The highest BCUT2D eigenvalue weighted by molar-refractivity contribution is 5.23. The molecule has 2 bridgehead atoms. The summed E-state index contributed by atoms with van der Waals surface area (Å²) in [6.07, 6.45) is 0.628. The third kappa shape index (κ3) is 1.86. The Morgan fingerprint density at radius 2 is 1.75 bits per heavy atom. The summed E-state index contributed by atoms with van der Waals surface area (Å²) >= 11 is 0. The molecule has 4 rings (SSSR count). The molecule has 0 aromatic rings. The van der Waals surface area contributed by atoms with E-state index in [0.29, 0.717) is 37.3 Å². The molecule has 0 aromatic heterocycles. The van der Waals surface area contributed by atoms with E-state index in [1.807, 2.05) is 0 Å². The summed E-state index contributed by atoms with van der Waals surface area (Å²) in [6, 6.07) is 0.900. The topological polar surface area (TPSA) is 3.24 Å². The van der Waals surface area contributed by atoms with Crippen LogP contribution < -0.4 is 0 Å². The molecule has 0 N–H and O–H groups in total. The smallest absolute Gasteiger partial charge is 0.297 e. The number of nitrogens with zero attached hydrogens (tertiary/aromatic N) is 1. The fraction of sp³-hybridized carbons (Fsp3) is 1.00. The van der Waals surface area contributed by atoms with E-state index in [9.17, 15) is 13.2 Å². The van der Waals surface area contributed by atoms with Crippen molar-refractivity contribution in [1.82, 2.24) is 4.90 Å². The van der Waals surface area contributed by atoms with Gasteiger partial charge in [0, 0.05) is 18.6 Å². The summed E-state index contributed by atoms with van der Waals surface area (Å²) in [4.78, 5) is 2.54. The standard InChI is InChI=1S/C16H26F3N/c1-4-13(20-7-11(2)5-6-12(20)3)14-8-15(9-14,10-14)16(17,18)19/h11-13H,4-10H2,1-3H3/t11-,12-,13?,14?,15?/m1/s1. The predicted octanol–water partition coefficient (Wildman–Crippen LogP) is 4.62. The van der Waals surface area contributed by atoms with Gasteiger partial charge >= 0.3 is 6.18 Å². The number of alkyl halides is 3. The SMILES string of the molecule is CCC(N1C[C@H](C)CC[C@H]1C)C12CC(C(F)(F)F)(C1)C2. The van der Waals surface area contributed by atoms with Crippen molar-refractivity contribution >= 4 is 0 Å². The van der Waals surface area contributed by atoms with Gasteiger partial charge in [0.15, 0.2) is 0 Å². The van der Waals surface area contributed by atoms with E-state index >= 15 is 0 Å². The maximum absolute atomic E-state index is 13.0. The van der Waals surface area contributed by atoms with Gasteiger partial charge in [0.25, 0.3) is 0 Å². The lowest BCUT2D eigenvalue weighted by Crippen LogP contribution is -2.74. The molecule has 0 radical (unpaired) electrons. The molecule has 0 amide bonds. The van der Waals surface area contributed by atoms with Crippen LogP contribution in [-0.2, 0) is 0 Å². The summed E-state index contributed by atoms with van der Waals surface area (Å²) in [5.41, 5.74) is -1.32. The van der Waals surface area contributed by atoms with Crippen LogP contribution in [0.3, 0.4) is 0 Å². The zero-order valence-corrected chi connectivity index (χ0v) is 12.8. The molecule has 3 atom stereocenters. The van der Waals surface area contributed by atoms with Crippen LogP contribution in [0.4, 0.5) is 13.2 Å². The van der Waals surface area contributed by atoms with Crippen molar-refractivity contribution in [2.45, 2.75) is 77.6 Å². The van der Waals surface area contributed by atoms with Crippen LogP contribution in [0.15, 0.2) is 0 Å². The summed E-state index contributed by atoms with van der Waals surface area (Å²) in [7, 11) is 0. The molecule has 1 aliphatic heterocycles. The normalized spacial score (nSPS) is 46.5. The van der Waals surface area contributed by atoms with E-state index in [2.05, 4.69) is 25.7 Å². The average Bonchev–Trinajstić information content (AvgIpc) is 2.23. The van der Waals surface area contributed by atoms with Crippen LogP contribution in [0.5, 0.6) is 0 Å². The minimum absolute atomic E-state index is 0.0183. The first-order valence-electron chi connectivity index (χ1n) is 8.05. The molecule has 0 spiro atoms. The van der Waals surface area contributed by atoms with Crippen molar-refractivity contribution in [3.8, 4) is 0 Å². The highest BCUT2D eigenvalue weighted by Crippen LogP contribution is 2.80. The van der Waals surface area contributed by atoms with E-state index in [4.69, 9.17) is 0 Å². The fourth-order valence-corrected chi connectivity index (χ4v) is 5.30. The molecule has 1 saturated heterocycles. The van der Waals surface area contributed by atoms with E-state index in [1.165, 1.54) is 12.8 Å². The molecular formula is C16H26F3N. The summed E-state index contributed by atoms with van der Waals surface area (Å²) in [6.45, 7) is 7.74. The first-order chi connectivity index (χ1) is 9.23. The largest absolute Gasteiger partial charge is 0.394 e. The van der Waals surface area contributed by atoms with Crippen LogP contribution in [0.1, 0.15) is 59.3 Å². The lowest BCUT2D eigenvalue weighted by molar-refractivity contribution is -0.377. The van der Waals surface area contributed by atoms with Gasteiger partial charge in [-0.2, -0.15) is 13.2 Å². The van der Waals surface area contributed by atoms with Crippen molar-refractivity contribution in [3.63, 3.8) is 0 Å². The average molecular weight is 289 g/mol. The molecule has 3 aliphatic carbocycles. The molecule has 1 heterocycles. The van der Waals surface area contributed by atoms with E-state index in [0.717, 1.165) is 13.0 Å². The van der Waals surface area contributed by atoms with Gasteiger partial charge < -0.3 is 0 Å². The molecule has 20 heavy (non-hydrogen) atoms. The van der Waals surface area contributed by atoms with Crippen molar-refractivity contribution < 1.29 is 13.2 Å². The third-order valence-electron chi connectivity index (χ3n) is 6.33. The third-order valence-corrected chi connectivity index (χ3v) is 6.33. The molecule has 3 saturated carbocycles. The molecule has 116 valence electrons. The number of piperidine rings is 1. The van der Waals surface area contributed by atoms with Crippen molar-refractivity contribution in [3.05, 3.63) is 0 Å². The first kappa shape index (κ1) is 14.7. The van der Waals surface area contributed by atoms with Gasteiger partial charge in [-0.1, -0.05) is 13.8 Å². The molecule has 1 unspecified atom stereocenters. The predicted molar refractivity (Wildman–Crippen MR) is 73.4 cm³/mol. The summed E-state index contributed by atoms with van der Waals surface area (Å²) in [5.74, 6) is 0.684. The Balaban J connectivity index is 1.71. The zero-order chi connectivity index (χ0) is 14.8. The van der Waals surface area contributed by atoms with Gasteiger partial charge in [-0.3, -0.25) is 4.90 Å². The van der Waals surface area contributed by atoms with Gasteiger partial charge in [0.2, 0.25) is 0 Å². The number of hydrogen-bond acceptors (Lipinski definition) is 1. The molecule has 4 aliphatic rings. The van der Waals surface area contributed by atoms with Gasteiger partial charge in [-0.05, 0) is 56.8 Å². The Bertz CT molecular complexity index is 370. The minimum Gasteiger partial charge on any atom is -0.297 e. The van der Waals surface area contributed by atoms with Crippen molar-refractivity contribution in [1.29, 1.82) is 0 Å². The second kappa shape index (κ2) is 4.37. The molecule has 0 aromatic carbocycles. The molecule has 1 nitrogen and oxygen atoms in total. The number of hydrogen-bond donors (Lipinski definition) is 0. The van der Waals surface area contributed by atoms with Crippen LogP contribution >= 0.6 is 0 Å². The maximum Gasteiger partial charge on any atom is 0.394 e. The van der Waals surface area contributed by atoms with Gasteiger partial charge in [-0.15, -0.1) is 0 Å². The highest BCUT2D eigenvalue weighted by Gasteiger charge is 2.80. The Labute approximate surface area is 119 Å². The van der Waals surface area contributed by atoms with Gasteiger partial charge in [-0.25, -0.2) is 0 Å². The maximum atomic E-state index is 13.0. The minimum atomic E-state index is -3.98. The van der Waals surface area contributed by atoms with Gasteiger partial charge in [0.05, 0.1) is 5.41 Å².